The Hall–Kier alpha value is -3.65. The quantitative estimate of drug-likeness (QED) is 0.441. The first-order valence-corrected chi connectivity index (χ1v) is 11.1. The highest BCUT2D eigenvalue weighted by atomic mass is 32.1. The largest absolute Gasteiger partial charge is 0.495 e. The van der Waals surface area contributed by atoms with Gasteiger partial charge in [-0.25, -0.2) is 4.98 Å². The van der Waals surface area contributed by atoms with Crippen LogP contribution in [0, 0.1) is 0 Å². The van der Waals surface area contributed by atoms with Gasteiger partial charge in [-0.1, -0.05) is 24.3 Å². The SMILES string of the molecule is CCOc1ccc(-c2csc3ncn(C(C)C(=O)Nc4ccccc4OC)c(=O)c23)cc1. The van der Waals surface area contributed by atoms with E-state index < -0.39 is 6.04 Å². The predicted octanol–water partition coefficient (Wildman–Crippen LogP) is 4.73. The molecule has 0 aliphatic carbocycles. The number of carbonyl (C=O) groups excluding carboxylic acids is 1. The summed E-state index contributed by atoms with van der Waals surface area (Å²) in [4.78, 5) is 31.3. The number of nitrogens with one attached hydrogen (secondary N) is 1. The average Bonchev–Trinajstić information content (AvgIpc) is 3.25. The molecule has 2 aromatic heterocycles. The van der Waals surface area contributed by atoms with Crippen molar-refractivity contribution >= 4 is 33.1 Å². The molecule has 2 heterocycles. The summed E-state index contributed by atoms with van der Waals surface area (Å²) in [6.07, 6.45) is 1.43. The zero-order valence-corrected chi connectivity index (χ0v) is 18.8. The molecule has 1 N–H and O–H groups in total. The van der Waals surface area contributed by atoms with Crippen molar-refractivity contribution in [2.24, 2.45) is 0 Å². The summed E-state index contributed by atoms with van der Waals surface area (Å²) >= 11 is 1.40. The molecule has 164 valence electrons. The highest BCUT2D eigenvalue weighted by Gasteiger charge is 2.21. The van der Waals surface area contributed by atoms with E-state index in [0.717, 1.165) is 16.9 Å². The number of ether oxygens (including phenoxy) is 2. The molecule has 7 nitrogen and oxygen atoms in total. The van der Waals surface area contributed by atoms with Gasteiger partial charge in [-0.3, -0.25) is 14.2 Å². The van der Waals surface area contributed by atoms with Gasteiger partial charge in [0.15, 0.2) is 0 Å². The number of hydrogen-bond acceptors (Lipinski definition) is 6. The molecule has 4 aromatic rings. The Morgan fingerprint density at radius 3 is 2.66 bits per heavy atom. The number of thiophene rings is 1. The number of methoxy groups -OCH3 is 1. The van der Waals surface area contributed by atoms with Crippen molar-refractivity contribution < 1.29 is 14.3 Å². The van der Waals surface area contributed by atoms with Gasteiger partial charge in [-0.2, -0.15) is 0 Å². The Kier molecular flexibility index (Phi) is 6.23. The third kappa shape index (κ3) is 4.09. The molecule has 0 bridgehead atoms. The first-order chi connectivity index (χ1) is 15.5. The summed E-state index contributed by atoms with van der Waals surface area (Å²) in [6.45, 7) is 4.19. The third-order valence-electron chi connectivity index (χ3n) is 5.16. The highest BCUT2D eigenvalue weighted by molar-refractivity contribution is 7.17. The maximum Gasteiger partial charge on any atom is 0.263 e. The molecule has 2 aromatic carbocycles. The van der Waals surface area contributed by atoms with Gasteiger partial charge < -0.3 is 14.8 Å². The number of nitrogens with zero attached hydrogens (tertiary/aromatic N) is 2. The van der Waals surface area contributed by atoms with Crippen LogP contribution in [0.3, 0.4) is 0 Å². The molecule has 1 amide bonds. The molecule has 1 atom stereocenters. The van der Waals surface area contributed by atoms with Crippen LogP contribution in [0.25, 0.3) is 21.3 Å². The maximum atomic E-state index is 13.4. The molecular formula is C24H23N3O4S. The van der Waals surface area contributed by atoms with Gasteiger partial charge in [0, 0.05) is 10.9 Å². The number of aromatic nitrogens is 2. The number of benzene rings is 2. The topological polar surface area (TPSA) is 82.5 Å². The van der Waals surface area contributed by atoms with Crippen molar-refractivity contribution in [3.8, 4) is 22.6 Å². The summed E-state index contributed by atoms with van der Waals surface area (Å²) in [5.41, 5.74) is 1.96. The van der Waals surface area contributed by atoms with E-state index in [9.17, 15) is 9.59 Å². The first kappa shape index (κ1) is 21.6. The number of hydrogen-bond donors (Lipinski definition) is 1. The molecule has 0 spiro atoms. The van der Waals surface area contributed by atoms with E-state index in [1.54, 1.807) is 25.1 Å². The van der Waals surface area contributed by atoms with E-state index in [-0.39, 0.29) is 11.5 Å². The minimum atomic E-state index is -0.766. The van der Waals surface area contributed by atoms with Gasteiger partial charge in [-0.05, 0) is 43.7 Å². The van der Waals surface area contributed by atoms with Crippen molar-refractivity contribution in [3.63, 3.8) is 0 Å². The number of rotatable bonds is 7. The number of anilines is 1. The van der Waals surface area contributed by atoms with E-state index in [4.69, 9.17) is 9.47 Å². The van der Waals surface area contributed by atoms with E-state index in [1.807, 2.05) is 42.6 Å². The molecule has 32 heavy (non-hydrogen) atoms. The third-order valence-corrected chi connectivity index (χ3v) is 6.04. The van der Waals surface area contributed by atoms with Crippen molar-refractivity contribution in [1.29, 1.82) is 0 Å². The van der Waals surface area contributed by atoms with Crippen LogP contribution >= 0.6 is 11.3 Å². The van der Waals surface area contributed by atoms with Crippen molar-refractivity contribution in [1.82, 2.24) is 9.55 Å². The molecule has 1 unspecified atom stereocenters. The van der Waals surface area contributed by atoms with Crippen molar-refractivity contribution in [2.75, 3.05) is 19.0 Å². The fourth-order valence-electron chi connectivity index (χ4n) is 3.44. The Morgan fingerprint density at radius 2 is 1.94 bits per heavy atom. The van der Waals surface area contributed by atoms with Crippen molar-refractivity contribution in [3.05, 3.63) is 70.6 Å². The minimum absolute atomic E-state index is 0.261. The fraction of sp³-hybridized carbons (Fsp3) is 0.208. The van der Waals surface area contributed by atoms with Crippen LogP contribution in [-0.4, -0.2) is 29.2 Å². The van der Waals surface area contributed by atoms with Gasteiger partial charge >= 0.3 is 0 Å². The molecule has 0 radical (unpaired) electrons. The Labute approximate surface area is 189 Å². The van der Waals surface area contributed by atoms with Crippen LogP contribution in [0.5, 0.6) is 11.5 Å². The second-order valence-corrected chi connectivity index (χ2v) is 7.97. The van der Waals surface area contributed by atoms with Gasteiger partial charge in [-0.15, -0.1) is 11.3 Å². The fourth-order valence-corrected chi connectivity index (χ4v) is 4.35. The molecule has 0 aliphatic rings. The lowest BCUT2D eigenvalue weighted by Crippen LogP contribution is -2.31. The monoisotopic (exact) mass is 449 g/mol. The van der Waals surface area contributed by atoms with Crippen LogP contribution in [-0.2, 0) is 4.79 Å². The Morgan fingerprint density at radius 1 is 1.19 bits per heavy atom. The van der Waals surface area contributed by atoms with Gasteiger partial charge in [0.1, 0.15) is 22.4 Å². The number of para-hydroxylation sites is 2. The molecular weight excluding hydrogens is 426 g/mol. The lowest BCUT2D eigenvalue weighted by Gasteiger charge is -2.16. The van der Waals surface area contributed by atoms with E-state index in [0.29, 0.717) is 28.3 Å². The maximum absolute atomic E-state index is 13.4. The lowest BCUT2D eigenvalue weighted by molar-refractivity contribution is -0.118. The normalized spacial score (nSPS) is 11.8. The summed E-state index contributed by atoms with van der Waals surface area (Å²) in [5.74, 6) is 0.980. The van der Waals surface area contributed by atoms with E-state index in [2.05, 4.69) is 10.3 Å². The number of fused-ring (bicyclic) bond motifs is 1. The van der Waals surface area contributed by atoms with Crippen LogP contribution in [0.2, 0.25) is 0 Å². The van der Waals surface area contributed by atoms with Crippen LogP contribution in [0.1, 0.15) is 19.9 Å². The zero-order chi connectivity index (χ0) is 22.7. The summed E-state index contributed by atoms with van der Waals surface area (Å²) in [5, 5.41) is 5.24. The van der Waals surface area contributed by atoms with Gasteiger partial charge in [0.25, 0.3) is 5.56 Å². The van der Waals surface area contributed by atoms with E-state index in [1.165, 1.54) is 29.3 Å². The second-order valence-electron chi connectivity index (χ2n) is 7.11. The molecule has 0 fully saturated rings. The molecule has 0 saturated carbocycles. The van der Waals surface area contributed by atoms with Gasteiger partial charge in [0.2, 0.25) is 5.91 Å². The smallest absolute Gasteiger partial charge is 0.263 e. The molecule has 8 heteroatoms. The van der Waals surface area contributed by atoms with Crippen LogP contribution in [0.4, 0.5) is 5.69 Å². The summed E-state index contributed by atoms with van der Waals surface area (Å²) < 4.78 is 12.1. The zero-order valence-electron chi connectivity index (χ0n) is 18.0. The Balaban J connectivity index is 1.68. The molecule has 0 saturated heterocycles. The van der Waals surface area contributed by atoms with E-state index >= 15 is 0 Å². The lowest BCUT2D eigenvalue weighted by atomic mass is 10.1. The minimum Gasteiger partial charge on any atom is -0.495 e. The Bertz CT molecular complexity index is 1310. The summed E-state index contributed by atoms with van der Waals surface area (Å²) in [7, 11) is 1.54. The second kappa shape index (κ2) is 9.23. The van der Waals surface area contributed by atoms with Gasteiger partial charge in [0.05, 0.1) is 31.1 Å². The highest BCUT2D eigenvalue weighted by Crippen LogP contribution is 2.32. The van der Waals surface area contributed by atoms with Crippen LogP contribution < -0.4 is 20.3 Å². The molecule has 4 rings (SSSR count). The first-order valence-electron chi connectivity index (χ1n) is 10.2. The van der Waals surface area contributed by atoms with Crippen LogP contribution in [0.15, 0.2) is 65.0 Å². The standard InChI is InChI=1S/C24H23N3O4S/c1-4-31-17-11-9-16(10-12-17)18-13-32-23-21(18)24(29)27(14-25-23)15(2)22(28)26-19-7-5-6-8-20(19)30-3/h5-15H,4H2,1-3H3,(H,26,28). The number of carbonyl (C=O) groups is 1. The predicted molar refractivity (Wildman–Crippen MR) is 127 cm³/mol. The summed E-state index contributed by atoms with van der Waals surface area (Å²) in [6, 6.07) is 13.9. The molecule has 0 aliphatic heterocycles. The van der Waals surface area contributed by atoms with Crippen molar-refractivity contribution in [2.45, 2.75) is 19.9 Å². The average molecular weight is 450 g/mol. The number of amides is 1.